The number of aromatic carboxylic acids is 1. The summed E-state index contributed by atoms with van der Waals surface area (Å²) in [5, 5.41) is 11.4. The molecule has 0 aliphatic heterocycles. The molecule has 0 saturated heterocycles. The molecule has 2 rings (SSSR count). The van der Waals surface area contributed by atoms with Gasteiger partial charge in [-0.3, -0.25) is 0 Å². The van der Waals surface area contributed by atoms with Gasteiger partial charge in [0.15, 0.2) is 5.58 Å². The lowest BCUT2D eigenvalue weighted by Crippen LogP contribution is -2.27. The number of benzene rings is 1. The van der Waals surface area contributed by atoms with E-state index in [1.54, 1.807) is 26.8 Å². The number of carboxylic acid groups (broad SMARTS) is 1. The molecule has 0 aliphatic carbocycles. The van der Waals surface area contributed by atoms with E-state index in [1.807, 2.05) is 0 Å². The van der Waals surface area contributed by atoms with Crippen LogP contribution in [-0.4, -0.2) is 27.8 Å². The highest BCUT2D eigenvalue weighted by Gasteiger charge is 2.19. The molecule has 2 N–H and O–H groups in total. The summed E-state index contributed by atoms with van der Waals surface area (Å²) in [7, 11) is 0. The van der Waals surface area contributed by atoms with Crippen LogP contribution in [0.15, 0.2) is 22.6 Å². The van der Waals surface area contributed by atoms with Gasteiger partial charge in [-0.05, 0) is 32.9 Å². The molecule has 0 atom stereocenters. The van der Waals surface area contributed by atoms with E-state index in [0.29, 0.717) is 0 Å². The third-order valence-electron chi connectivity index (χ3n) is 2.26. The van der Waals surface area contributed by atoms with Gasteiger partial charge in [0, 0.05) is 0 Å². The number of nitrogens with zero attached hydrogens (tertiary/aromatic N) is 1. The molecule has 20 heavy (non-hydrogen) atoms. The summed E-state index contributed by atoms with van der Waals surface area (Å²) in [6, 6.07) is 4.40. The number of amides is 1. The topological polar surface area (TPSA) is 102 Å². The smallest absolute Gasteiger partial charge is 0.415 e. The first kappa shape index (κ1) is 13.9. The Morgan fingerprint density at radius 3 is 2.65 bits per heavy atom. The van der Waals surface area contributed by atoms with Crippen molar-refractivity contribution in [2.24, 2.45) is 0 Å². The molecule has 2 aromatic rings. The van der Waals surface area contributed by atoms with Crippen LogP contribution in [0.1, 0.15) is 31.1 Å². The lowest BCUT2D eigenvalue weighted by atomic mass is 10.2. The molecule has 0 bridgehead atoms. The molecule has 1 aromatic carbocycles. The van der Waals surface area contributed by atoms with Crippen molar-refractivity contribution in [2.75, 3.05) is 5.32 Å². The number of rotatable bonds is 2. The van der Waals surface area contributed by atoms with Gasteiger partial charge < -0.3 is 14.3 Å². The molecule has 7 nitrogen and oxygen atoms in total. The number of nitrogens with one attached hydrogen (secondary N) is 1. The molecule has 0 saturated carbocycles. The minimum atomic E-state index is -1.12. The number of carbonyl (C=O) groups excluding carboxylic acids is 1. The number of carboxylic acids is 1. The minimum Gasteiger partial charge on any atom is -0.478 e. The maximum atomic E-state index is 11.6. The largest absolute Gasteiger partial charge is 0.478 e. The summed E-state index contributed by atoms with van der Waals surface area (Å²) in [6.45, 7) is 5.17. The van der Waals surface area contributed by atoms with Crippen LogP contribution in [0.4, 0.5) is 10.8 Å². The Bertz CT molecular complexity index is 669. The minimum absolute atomic E-state index is 0.00323. The van der Waals surface area contributed by atoms with Gasteiger partial charge in [-0.15, -0.1) is 0 Å². The van der Waals surface area contributed by atoms with Gasteiger partial charge in [-0.1, -0.05) is 6.07 Å². The van der Waals surface area contributed by atoms with Gasteiger partial charge in [0.25, 0.3) is 0 Å². The molecule has 7 heteroatoms. The number of para-hydroxylation sites is 1. The number of hydrogen-bond donors (Lipinski definition) is 2. The SMILES string of the molecule is CC(C)(C)OC(=O)Nc1nc2c(C(=O)O)cccc2o1. The average Bonchev–Trinajstić information content (AvgIpc) is 2.67. The van der Waals surface area contributed by atoms with Crippen LogP contribution in [0.2, 0.25) is 0 Å². The Kier molecular flexibility index (Phi) is 3.35. The number of ether oxygens (including phenoxy) is 1. The Hall–Kier alpha value is -2.57. The fourth-order valence-electron chi connectivity index (χ4n) is 1.57. The fraction of sp³-hybridized carbons (Fsp3) is 0.308. The number of carbonyl (C=O) groups is 2. The van der Waals surface area contributed by atoms with Gasteiger partial charge >= 0.3 is 18.1 Å². The van der Waals surface area contributed by atoms with Gasteiger partial charge in [-0.2, -0.15) is 4.98 Å². The van der Waals surface area contributed by atoms with E-state index in [1.165, 1.54) is 12.1 Å². The van der Waals surface area contributed by atoms with Crippen molar-refractivity contribution in [2.45, 2.75) is 26.4 Å². The number of hydrogen-bond acceptors (Lipinski definition) is 5. The Balaban J connectivity index is 2.27. The molecule has 0 aliphatic rings. The second-order valence-electron chi connectivity index (χ2n) is 5.10. The van der Waals surface area contributed by atoms with Gasteiger partial charge in [0.05, 0.1) is 5.56 Å². The first-order valence-corrected chi connectivity index (χ1v) is 5.89. The first-order valence-electron chi connectivity index (χ1n) is 5.89. The summed E-state index contributed by atoms with van der Waals surface area (Å²) < 4.78 is 10.3. The second-order valence-corrected chi connectivity index (χ2v) is 5.10. The van der Waals surface area contributed by atoms with Crippen molar-refractivity contribution in [3.63, 3.8) is 0 Å². The number of anilines is 1. The molecular formula is C13H14N2O5. The van der Waals surface area contributed by atoms with Crippen LogP contribution in [0.5, 0.6) is 0 Å². The van der Waals surface area contributed by atoms with Crippen molar-refractivity contribution in [1.82, 2.24) is 4.98 Å². The molecule has 1 amide bonds. The van der Waals surface area contributed by atoms with Gasteiger partial charge in [0.1, 0.15) is 11.1 Å². The van der Waals surface area contributed by atoms with Crippen molar-refractivity contribution in [3.8, 4) is 0 Å². The maximum Gasteiger partial charge on any atom is 0.415 e. The lowest BCUT2D eigenvalue weighted by Gasteiger charge is -2.18. The lowest BCUT2D eigenvalue weighted by molar-refractivity contribution is 0.0630. The molecule has 0 fully saturated rings. The zero-order valence-corrected chi connectivity index (χ0v) is 11.3. The highest BCUT2D eigenvalue weighted by molar-refractivity contribution is 6.01. The molecular weight excluding hydrogens is 264 g/mol. The second kappa shape index (κ2) is 4.84. The van der Waals surface area contributed by atoms with E-state index in [0.717, 1.165) is 0 Å². The molecule has 1 heterocycles. The summed E-state index contributed by atoms with van der Waals surface area (Å²) in [6.07, 6.45) is -0.721. The zero-order valence-electron chi connectivity index (χ0n) is 11.3. The molecule has 1 aromatic heterocycles. The highest BCUT2D eigenvalue weighted by atomic mass is 16.6. The molecule has 106 valence electrons. The highest BCUT2D eigenvalue weighted by Crippen LogP contribution is 2.22. The predicted octanol–water partition coefficient (Wildman–Crippen LogP) is 2.87. The quantitative estimate of drug-likeness (QED) is 0.875. The number of oxazole rings is 1. The van der Waals surface area contributed by atoms with E-state index in [9.17, 15) is 9.59 Å². The van der Waals surface area contributed by atoms with Crippen molar-refractivity contribution >= 4 is 29.2 Å². The predicted molar refractivity (Wildman–Crippen MR) is 70.8 cm³/mol. The fourth-order valence-corrected chi connectivity index (χ4v) is 1.57. The summed E-state index contributed by atoms with van der Waals surface area (Å²) in [4.78, 5) is 26.6. The summed E-state index contributed by atoms with van der Waals surface area (Å²) in [5.74, 6) is -1.12. The van der Waals surface area contributed by atoms with Gasteiger partial charge in [-0.25, -0.2) is 14.9 Å². The van der Waals surface area contributed by atoms with Crippen LogP contribution in [-0.2, 0) is 4.74 Å². The van der Waals surface area contributed by atoms with E-state index >= 15 is 0 Å². The number of aromatic nitrogens is 1. The van der Waals surface area contributed by atoms with Crippen LogP contribution < -0.4 is 5.32 Å². The Morgan fingerprint density at radius 1 is 1.35 bits per heavy atom. The average molecular weight is 278 g/mol. The Labute approximate surface area is 114 Å². The van der Waals surface area contributed by atoms with E-state index in [-0.39, 0.29) is 22.7 Å². The number of fused-ring (bicyclic) bond motifs is 1. The standard InChI is InChI=1S/C13H14N2O5/c1-13(2,3)20-12(18)15-11-14-9-7(10(16)17)5-4-6-8(9)19-11/h4-6H,1-3H3,(H,16,17)(H,14,15,18). The zero-order chi connectivity index (χ0) is 14.9. The van der Waals surface area contributed by atoms with Crippen LogP contribution in [0, 0.1) is 0 Å². The third-order valence-corrected chi connectivity index (χ3v) is 2.26. The van der Waals surface area contributed by atoms with E-state index < -0.39 is 17.7 Å². The summed E-state index contributed by atoms with van der Waals surface area (Å²) in [5.41, 5.74) is -0.201. The van der Waals surface area contributed by atoms with Crippen molar-refractivity contribution in [3.05, 3.63) is 23.8 Å². The van der Waals surface area contributed by atoms with E-state index in [2.05, 4.69) is 10.3 Å². The summed E-state index contributed by atoms with van der Waals surface area (Å²) >= 11 is 0. The normalized spacial score (nSPS) is 11.3. The molecule has 0 radical (unpaired) electrons. The molecule has 0 unspecified atom stereocenters. The monoisotopic (exact) mass is 278 g/mol. The Morgan fingerprint density at radius 2 is 2.05 bits per heavy atom. The van der Waals surface area contributed by atoms with Crippen molar-refractivity contribution in [1.29, 1.82) is 0 Å². The first-order chi connectivity index (χ1) is 9.26. The third kappa shape index (κ3) is 3.05. The van der Waals surface area contributed by atoms with Crippen LogP contribution in [0.25, 0.3) is 11.1 Å². The van der Waals surface area contributed by atoms with Crippen LogP contribution >= 0.6 is 0 Å². The van der Waals surface area contributed by atoms with Gasteiger partial charge in [0.2, 0.25) is 0 Å². The van der Waals surface area contributed by atoms with Crippen LogP contribution in [0.3, 0.4) is 0 Å². The van der Waals surface area contributed by atoms with E-state index in [4.69, 9.17) is 14.3 Å². The van der Waals surface area contributed by atoms with Crippen molar-refractivity contribution < 1.29 is 23.8 Å². The maximum absolute atomic E-state index is 11.6. The molecule has 0 spiro atoms.